The van der Waals surface area contributed by atoms with Gasteiger partial charge in [-0.1, -0.05) is 18.9 Å². The van der Waals surface area contributed by atoms with Crippen molar-refractivity contribution in [3.8, 4) is 0 Å². The zero-order valence-electron chi connectivity index (χ0n) is 8.51. The monoisotopic (exact) mass is 182 g/mol. The fourth-order valence-corrected chi connectivity index (χ4v) is 1.83. The minimum atomic E-state index is -0.204. The van der Waals surface area contributed by atoms with Crippen molar-refractivity contribution in [2.45, 2.75) is 39.0 Å². The predicted molar refractivity (Wildman–Crippen MR) is 52.3 cm³/mol. The molecule has 0 aliphatic heterocycles. The number of carbonyl (C=O) groups excluding carboxylic acids is 1. The third kappa shape index (κ3) is 3.21. The van der Waals surface area contributed by atoms with Crippen LogP contribution in [-0.2, 0) is 9.53 Å². The van der Waals surface area contributed by atoms with Crippen LogP contribution in [-0.4, -0.2) is 13.1 Å². The van der Waals surface area contributed by atoms with E-state index in [1.54, 1.807) is 6.08 Å². The highest BCUT2D eigenvalue weighted by atomic mass is 16.5. The average molecular weight is 182 g/mol. The standard InChI is InChI=1S/C11H18O2/c1-3-9-4-6-10(7-5-9)8-11(12)13-2/h8-9H,3-7H2,1-2H3. The molecule has 0 bridgehead atoms. The van der Waals surface area contributed by atoms with E-state index in [2.05, 4.69) is 11.7 Å². The molecule has 0 saturated heterocycles. The van der Waals surface area contributed by atoms with Crippen molar-refractivity contribution in [3.05, 3.63) is 11.6 Å². The first-order valence-electron chi connectivity index (χ1n) is 5.03. The molecule has 1 aliphatic carbocycles. The maximum Gasteiger partial charge on any atom is 0.330 e. The summed E-state index contributed by atoms with van der Waals surface area (Å²) in [5.74, 6) is 0.666. The molecule has 0 radical (unpaired) electrons. The Morgan fingerprint density at radius 1 is 1.54 bits per heavy atom. The molecule has 13 heavy (non-hydrogen) atoms. The molecule has 1 aliphatic rings. The first-order chi connectivity index (χ1) is 6.26. The van der Waals surface area contributed by atoms with Crippen molar-refractivity contribution in [1.82, 2.24) is 0 Å². The summed E-state index contributed by atoms with van der Waals surface area (Å²) in [7, 11) is 1.43. The van der Waals surface area contributed by atoms with Crippen LogP contribution in [0.1, 0.15) is 39.0 Å². The zero-order valence-corrected chi connectivity index (χ0v) is 8.51. The van der Waals surface area contributed by atoms with Gasteiger partial charge in [0.15, 0.2) is 0 Å². The Kier molecular flexibility index (Phi) is 4.00. The van der Waals surface area contributed by atoms with Crippen LogP contribution >= 0.6 is 0 Å². The second-order valence-corrected chi connectivity index (χ2v) is 3.68. The highest BCUT2D eigenvalue weighted by Crippen LogP contribution is 2.29. The number of hydrogen-bond acceptors (Lipinski definition) is 2. The SMILES string of the molecule is CCC1CCC(=CC(=O)OC)CC1. The van der Waals surface area contributed by atoms with Gasteiger partial charge in [-0.2, -0.15) is 0 Å². The van der Waals surface area contributed by atoms with Gasteiger partial charge in [-0.3, -0.25) is 0 Å². The van der Waals surface area contributed by atoms with Crippen molar-refractivity contribution < 1.29 is 9.53 Å². The van der Waals surface area contributed by atoms with Gasteiger partial charge >= 0.3 is 5.97 Å². The van der Waals surface area contributed by atoms with Crippen LogP contribution in [0.4, 0.5) is 0 Å². The summed E-state index contributed by atoms with van der Waals surface area (Å²) in [4.78, 5) is 10.9. The van der Waals surface area contributed by atoms with E-state index in [0.717, 1.165) is 18.8 Å². The molecular formula is C11H18O2. The highest BCUT2D eigenvalue weighted by molar-refractivity contribution is 5.82. The third-order valence-electron chi connectivity index (χ3n) is 2.85. The van der Waals surface area contributed by atoms with E-state index in [9.17, 15) is 4.79 Å². The molecule has 0 aromatic rings. The van der Waals surface area contributed by atoms with Crippen LogP contribution in [0, 0.1) is 5.92 Å². The maximum absolute atomic E-state index is 10.9. The summed E-state index contributed by atoms with van der Waals surface area (Å²) >= 11 is 0. The number of rotatable bonds is 2. The van der Waals surface area contributed by atoms with Gasteiger partial charge in [0.25, 0.3) is 0 Å². The van der Waals surface area contributed by atoms with Crippen LogP contribution in [0.15, 0.2) is 11.6 Å². The maximum atomic E-state index is 10.9. The largest absolute Gasteiger partial charge is 0.466 e. The lowest BCUT2D eigenvalue weighted by molar-refractivity contribution is -0.134. The Bertz CT molecular complexity index is 196. The first kappa shape index (κ1) is 10.3. The molecule has 1 rings (SSSR count). The van der Waals surface area contributed by atoms with E-state index >= 15 is 0 Å². The second-order valence-electron chi connectivity index (χ2n) is 3.68. The second kappa shape index (κ2) is 5.05. The van der Waals surface area contributed by atoms with E-state index in [1.165, 1.54) is 31.9 Å². The summed E-state index contributed by atoms with van der Waals surface area (Å²) < 4.78 is 4.59. The number of hydrogen-bond donors (Lipinski definition) is 0. The highest BCUT2D eigenvalue weighted by Gasteiger charge is 2.15. The Morgan fingerprint density at radius 3 is 2.62 bits per heavy atom. The van der Waals surface area contributed by atoms with Gasteiger partial charge in [-0.25, -0.2) is 4.79 Å². The molecule has 0 spiro atoms. The molecule has 0 aromatic carbocycles. The average Bonchev–Trinajstić information content (AvgIpc) is 2.19. The summed E-state index contributed by atoms with van der Waals surface area (Å²) in [5, 5.41) is 0. The van der Waals surface area contributed by atoms with E-state index in [4.69, 9.17) is 0 Å². The normalized spacial score (nSPS) is 22.6. The minimum Gasteiger partial charge on any atom is -0.466 e. The lowest BCUT2D eigenvalue weighted by Gasteiger charge is -2.22. The topological polar surface area (TPSA) is 26.3 Å². The van der Waals surface area contributed by atoms with E-state index in [0.29, 0.717) is 0 Å². The summed E-state index contributed by atoms with van der Waals surface area (Å²) in [6.45, 7) is 2.24. The van der Waals surface area contributed by atoms with Crippen LogP contribution in [0.25, 0.3) is 0 Å². The summed E-state index contributed by atoms with van der Waals surface area (Å²) in [6.07, 6.45) is 7.55. The van der Waals surface area contributed by atoms with Gasteiger partial charge in [-0.15, -0.1) is 0 Å². The number of ether oxygens (including phenoxy) is 1. The molecule has 1 fully saturated rings. The molecule has 1 saturated carbocycles. The van der Waals surface area contributed by atoms with Crippen LogP contribution in [0.2, 0.25) is 0 Å². The Morgan fingerprint density at radius 2 is 2.15 bits per heavy atom. The van der Waals surface area contributed by atoms with Crippen LogP contribution in [0.5, 0.6) is 0 Å². The number of allylic oxidation sites excluding steroid dienone is 1. The van der Waals surface area contributed by atoms with Gasteiger partial charge in [-0.05, 0) is 31.6 Å². The Balaban J connectivity index is 2.40. The van der Waals surface area contributed by atoms with Crippen molar-refractivity contribution >= 4 is 5.97 Å². The van der Waals surface area contributed by atoms with Crippen molar-refractivity contribution in [1.29, 1.82) is 0 Å². The first-order valence-corrected chi connectivity index (χ1v) is 5.03. The number of esters is 1. The fraction of sp³-hybridized carbons (Fsp3) is 0.727. The van der Waals surface area contributed by atoms with Crippen molar-refractivity contribution in [2.75, 3.05) is 7.11 Å². The van der Waals surface area contributed by atoms with E-state index in [1.807, 2.05) is 0 Å². The van der Waals surface area contributed by atoms with Gasteiger partial charge in [0.05, 0.1) is 7.11 Å². The summed E-state index contributed by atoms with van der Waals surface area (Å²) in [6, 6.07) is 0. The smallest absolute Gasteiger partial charge is 0.330 e. The van der Waals surface area contributed by atoms with Gasteiger partial charge in [0.1, 0.15) is 0 Å². The van der Waals surface area contributed by atoms with E-state index < -0.39 is 0 Å². The third-order valence-corrected chi connectivity index (χ3v) is 2.85. The zero-order chi connectivity index (χ0) is 9.68. The van der Waals surface area contributed by atoms with Crippen molar-refractivity contribution in [2.24, 2.45) is 5.92 Å². The van der Waals surface area contributed by atoms with Crippen LogP contribution < -0.4 is 0 Å². The molecule has 0 amide bonds. The van der Waals surface area contributed by atoms with Gasteiger partial charge < -0.3 is 4.74 Å². The molecule has 2 heteroatoms. The van der Waals surface area contributed by atoms with Gasteiger partial charge in [0.2, 0.25) is 0 Å². The number of carbonyl (C=O) groups is 1. The molecule has 0 N–H and O–H groups in total. The molecule has 2 nitrogen and oxygen atoms in total. The molecule has 74 valence electrons. The quantitative estimate of drug-likeness (QED) is 0.485. The van der Waals surface area contributed by atoms with E-state index in [-0.39, 0.29) is 5.97 Å². The summed E-state index contributed by atoms with van der Waals surface area (Å²) in [5.41, 5.74) is 1.26. The predicted octanol–water partition coefficient (Wildman–Crippen LogP) is 2.69. The lowest BCUT2D eigenvalue weighted by Crippen LogP contribution is -2.08. The fourth-order valence-electron chi connectivity index (χ4n) is 1.83. The number of methoxy groups -OCH3 is 1. The molecule has 0 unspecified atom stereocenters. The Hall–Kier alpha value is -0.790. The molecule has 0 atom stereocenters. The van der Waals surface area contributed by atoms with Crippen LogP contribution in [0.3, 0.4) is 0 Å². The molecule has 0 heterocycles. The minimum absolute atomic E-state index is 0.204. The Labute approximate surface area is 80.0 Å². The molecule has 0 aromatic heterocycles. The lowest BCUT2D eigenvalue weighted by atomic mass is 9.84. The van der Waals surface area contributed by atoms with Gasteiger partial charge in [0, 0.05) is 6.08 Å². The van der Waals surface area contributed by atoms with Crippen molar-refractivity contribution in [3.63, 3.8) is 0 Å². The molecular weight excluding hydrogens is 164 g/mol.